The van der Waals surface area contributed by atoms with Crippen LogP contribution in [0.15, 0.2) is 16.9 Å². The smallest absolute Gasteiger partial charge is 0.272 e. The summed E-state index contributed by atoms with van der Waals surface area (Å²) < 4.78 is 0. The topological polar surface area (TPSA) is 101 Å². The number of nitrogens with two attached hydrogens (primary N) is 1. The largest absolute Gasteiger partial charge is 0.391 e. The summed E-state index contributed by atoms with van der Waals surface area (Å²) in [6.45, 7) is 2.17. The van der Waals surface area contributed by atoms with Gasteiger partial charge in [0.1, 0.15) is 5.69 Å². The molecule has 4 N–H and O–H groups in total. The van der Waals surface area contributed by atoms with Gasteiger partial charge in [-0.25, -0.2) is 5.10 Å². The maximum atomic E-state index is 12.3. The van der Waals surface area contributed by atoms with Crippen LogP contribution < -0.4 is 16.6 Å². The number of carbonyl (C=O) groups excluding carboxylic acids is 1. The summed E-state index contributed by atoms with van der Waals surface area (Å²) in [7, 11) is 0. The van der Waals surface area contributed by atoms with Crippen LogP contribution in [0.1, 0.15) is 49.5 Å². The number of H-pyrrole nitrogens is 1. The molecule has 1 amide bonds. The van der Waals surface area contributed by atoms with E-state index in [0.717, 1.165) is 32.1 Å². The fourth-order valence-corrected chi connectivity index (χ4v) is 3.02. The van der Waals surface area contributed by atoms with Gasteiger partial charge in [0.05, 0.1) is 10.5 Å². The third-order valence-corrected chi connectivity index (χ3v) is 4.66. The molecule has 0 spiro atoms. The molecule has 1 aliphatic rings. The highest BCUT2D eigenvalue weighted by molar-refractivity contribution is 7.80. The van der Waals surface area contributed by atoms with Crippen LogP contribution in [0.5, 0.6) is 0 Å². The van der Waals surface area contributed by atoms with E-state index in [1.54, 1.807) is 0 Å². The molecule has 21 heavy (non-hydrogen) atoms. The molecule has 114 valence electrons. The maximum absolute atomic E-state index is 12.3. The predicted octanol–water partition coefficient (Wildman–Crippen LogP) is 1.12. The first-order valence-electron chi connectivity index (χ1n) is 7.15. The van der Waals surface area contributed by atoms with Crippen molar-refractivity contribution in [3.63, 3.8) is 0 Å². The Morgan fingerprint density at radius 3 is 2.67 bits per heavy atom. The summed E-state index contributed by atoms with van der Waals surface area (Å²) in [5.41, 5.74) is 5.04. The minimum Gasteiger partial charge on any atom is -0.391 e. The molecule has 0 aliphatic heterocycles. The van der Waals surface area contributed by atoms with E-state index >= 15 is 0 Å². The highest BCUT2D eigenvalue weighted by Gasteiger charge is 2.39. The minimum atomic E-state index is -0.643. The van der Waals surface area contributed by atoms with Crippen molar-refractivity contribution in [2.24, 2.45) is 11.7 Å². The number of amides is 1. The van der Waals surface area contributed by atoms with Crippen molar-refractivity contribution in [3.8, 4) is 0 Å². The van der Waals surface area contributed by atoms with E-state index in [0.29, 0.717) is 10.9 Å². The molecule has 1 aromatic heterocycles. The fourth-order valence-electron chi connectivity index (χ4n) is 2.76. The highest BCUT2D eigenvalue weighted by atomic mass is 32.1. The summed E-state index contributed by atoms with van der Waals surface area (Å²) >= 11 is 5.18. The van der Waals surface area contributed by atoms with Gasteiger partial charge < -0.3 is 11.1 Å². The van der Waals surface area contributed by atoms with Crippen molar-refractivity contribution in [2.75, 3.05) is 0 Å². The number of nitrogens with one attached hydrogen (secondary N) is 2. The van der Waals surface area contributed by atoms with Crippen molar-refractivity contribution in [3.05, 3.63) is 28.2 Å². The maximum Gasteiger partial charge on any atom is 0.272 e. The van der Waals surface area contributed by atoms with E-state index in [-0.39, 0.29) is 17.2 Å². The highest BCUT2D eigenvalue weighted by Crippen LogP contribution is 2.34. The first kappa shape index (κ1) is 15.6. The lowest BCUT2D eigenvalue weighted by atomic mass is 9.75. The second-order valence-electron chi connectivity index (χ2n) is 5.56. The SMILES string of the molecule is CCC1CCC(NC(=O)c2ccc(=O)[nH]n2)(C(N)=S)CC1. The molecule has 0 bridgehead atoms. The second kappa shape index (κ2) is 6.34. The van der Waals surface area contributed by atoms with Gasteiger partial charge in [-0.15, -0.1) is 0 Å². The molecule has 1 aliphatic carbocycles. The molecule has 0 saturated heterocycles. The van der Waals surface area contributed by atoms with Crippen LogP contribution in [0.3, 0.4) is 0 Å². The van der Waals surface area contributed by atoms with Crippen molar-refractivity contribution in [1.29, 1.82) is 0 Å². The van der Waals surface area contributed by atoms with Gasteiger partial charge in [0.2, 0.25) is 0 Å². The van der Waals surface area contributed by atoms with E-state index < -0.39 is 5.54 Å². The zero-order valence-corrected chi connectivity index (χ0v) is 12.8. The summed E-state index contributed by atoms with van der Waals surface area (Å²) in [5, 5.41) is 8.90. The first-order chi connectivity index (χ1) is 9.97. The van der Waals surface area contributed by atoms with Crippen LogP contribution >= 0.6 is 12.2 Å². The Balaban J connectivity index is 2.13. The molecule has 0 aromatic carbocycles. The summed E-state index contributed by atoms with van der Waals surface area (Å²) in [6.07, 6.45) is 4.61. The molecule has 1 fully saturated rings. The van der Waals surface area contributed by atoms with Gasteiger partial charge in [-0.1, -0.05) is 25.6 Å². The lowest BCUT2D eigenvalue weighted by molar-refractivity contribution is 0.0892. The van der Waals surface area contributed by atoms with Crippen molar-refractivity contribution < 1.29 is 4.79 Å². The van der Waals surface area contributed by atoms with Crippen LogP contribution in [-0.4, -0.2) is 26.6 Å². The normalized spacial score (nSPS) is 25.3. The fraction of sp³-hybridized carbons (Fsp3) is 0.571. The van der Waals surface area contributed by atoms with E-state index in [9.17, 15) is 9.59 Å². The molecule has 7 heteroatoms. The van der Waals surface area contributed by atoms with Crippen LogP contribution in [0.25, 0.3) is 0 Å². The first-order valence-corrected chi connectivity index (χ1v) is 7.56. The van der Waals surface area contributed by atoms with E-state index in [2.05, 4.69) is 22.4 Å². The number of nitrogens with zero attached hydrogens (tertiary/aromatic N) is 1. The van der Waals surface area contributed by atoms with Gasteiger partial charge in [0.25, 0.3) is 11.5 Å². The number of rotatable bonds is 4. The number of aromatic nitrogens is 2. The molecule has 0 unspecified atom stereocenters. The van der Waals surface area contributed by atoms with Crippen molar-refractivity contribution in [2.45, 2.75) is 44.6 Å². The van der Waals surface area contributed by atoms with Crippen LogP contribution in [-0.2, 0) is 0 Å². The molecule has 1 aromatic rings. The zero-order valence-electron chi connectivity index (χ0n) is 12.0. The van der Waals surface area contributed by atoms with Gasteiger partial charge in [0, 0.05) is 6.07 Å². The lowest BCUT2D eigenvalue weighted by Gasteiger charge is -2.39. The Morgan fingerprint density at radius 1 is 1.52 bits per heavy atom. The van der Waals surface area contributed by atoms with Gasteiger partial charge in [-0.3, -0.25) is 9.59 Å². The van der Waals surface area contributed by atoms with Crippen molar-refractivity contribution >= 4 is 23.1 Å². The molecule has 1 heterocycles. The zero-order chi connectivity index (χ0) is 15.5. The Kier molecular flexibility index (Phi) is 4.72. The van der Waals surface area contributed by atoms with Gasteiger partial charge in [0.15, 0.2) is 0 Å². The average Bonchev–Trinajstić information content (AvgIpc) is 2.48. The number of hydrogen-bond acceptors (Lipinski definition) is 4. The van der Waals surface area contributed by atoms with Crippen LogP contribution in [0, 0.1) is 5.92 Å². The summed E-state index contributed by atoms with van der Waals surface area (Å²) in [5.74, 6) is 0.296. The second-order valence-corrected chi connectivity index (χ2v) is 6.00. The number of aromatic amines is 1. The van der Waals surface area contributed by atoms with Crippen molar-refractivity contribution in [1.82, 2.24) is 15.5 Å². The van der Waals surface area contributed by atoms with Gasteiger partial charge in [-0.05, 0) is 37.7 Å². The van der Waals surface area contributed by atoms with Crippen LogP contribution in [0.2, 0.25) is 0 Å². The minimum absolute atomic E-state index is 0.155. The standard InChI is InChI=1S/C14H20N4O2S/c1-2-9-5-7-14(8-6-9,13(15)21)16-12(20)10-3-4-11(19)18-17-10/h3-4,9H,2,5-8H2,1H3,(H2,15,21)(H,16,20)(H,18,19). The quantitative estimate of drug-likeness (QED) is 0.724. The Hall–Kier alpha value is -1.76. The third kappa shape index (κ3) is 3.47. The molecule has 0 radical (unpaired) electrons. The number of carbonyl (C=O) groups is 1. The van der Waals surface area contributed by atoms with Gasteiger partial charge in [-0.2, -0.15) is 5.10 Å². The predicted molar refractivity (Wildman–Crippen MR) is 84.1 cm³/mol. The molecule has 0 atom stereocenters. The molecular formula is C14H20N4O2S. The summed E-state index contributed by atoms with van der Waals surface area (Å²) in [4.78, 5) is 23.6. The monoisotopic (exact) mass is 308 g/mol. The van der Waals surface area contributed by atoms with E-state index in [1.807, 2.05) is 0 Å². The molecule has 1 saturated carbocycles. The number of hydrogen-bond donors (Lipinski definition) is 3. The third-order valence-electron chi connectivity index (χ3n) is 4.27. The van der Waals surface area contributed by atoms with Crippen LogP contribution in [0.4, 0.5) is 0 Å². The van der Waals surface area contributed by atoms with E-state index in [1.165, 1.54) is 12.1 Å². The lowest BCUT2D eigenvalue weighted by Crippen LogP contribution is -2.58. The average molecular weight is 308 g/mol. The molecule has 6 nitrogen and oxygen atoms in total. The Bertz CT molecular complexity index is 570. The van der Waals surface area contributed by atoms with E-state index in [4.69, 9.17) is 18.0 Å². The Labute approximate surface area is 128 Å². The number of thiocarbonyl (C=S) groups is 1. The molecular weight excluding hydrogens is 288 g/mol. The summed E-state index contributed by atoms with van der Waals surface area (Å²) in [6, 6.07) is 2.66. The van der Waals surface area contributed by atoms with Gasteiger partial charge >= 0.3 is 0 Å². The molecule has 2 rings (SSSR count). The Morgan fingerprint density at radius 2 is 2.19 bits per heavy atom.